The first-order valence-corrected chi connectivity index (χ1v) is 9.44. The van der Waals surface area contributed by atoms with Gasteiger partial charge in [0.2, 0.25) is 17.6 Å². The van der Waals surface area contributed by atoms with Gasteiger partial charge in [-0.05, 0) is 36.6 Å². The van der Waals surface area contributed by atoms with Crippen LogP contribution in [0.5, 0.6) is 5.75 Å². The molecule has 2 heterocycles. The second kappa shape index (κ2) is 7.84. The maximum absolute atomic E-state index is 12.4. The van der Waals surface area contributed by atoms with Crippen LogP contribution in [0.2, 0.25) is 0 Å². The van der Waals surface area contributed by atoms with Gasteiger partial charge in [-0.3, -0.25) is 4.79 Å². The lowest BCUT2D eigenvalue weighted by Gasteiger charge is -2.31. The Hall–Kier alpha value is -3.15. The average Bonchev–Trinajstić information content (AvgIpc) is 3.20. The number of piperidine rings is 1. The van der Waals surface area contributed by atoms with E-state index in [4.69, 9.17) is 9.26 Å². The van der Waals surface area contributed by atoms with Crippen LogP contribution in [0.25, 0.3) is 11.4 Å². The highest BCUT2D eigenvalue weighted by molar-refractivity contribution is 5.77. The number of likely N-dealkylation sites (tertiary alicyclic amines) is 1. The van der Waals surface area contributed by atoms with Crippen LogP contribution in [-0.4, -0.2) is 34.6 Å². The Morgan fingerprint density at radius 2 is 2.07 bits per heavy atom. The first kappa shape index (κ1) is 18.2. The number of methoxy groups -OCH3 is 1. The summed E-state index contributed by atoms with van der Waals surface area (Å²) in [6, 6.07) is 15.8. The van der Waals surface area contributed by atoms with Gasteiger partial charge in [0, 0.05) is 25.1 Å². The Morgan fingerprint density at radius 1 is 1.21 bits per heavy atom. The topological polar surface area (TPSA) is 68.5 Å². The molecule has 4 rings (SSSR count). The number of carbonyl (C=O) groups is 1. The number of rotatable bonds is 5. The molecule has 0 N–H and O–H groups in total. The van der Waals surface area contributed by atoms with E-state index in [2.05, 4.69) is 10.1 Å². The number of aryl methyl sites for hydroxylation is 1. The molecule has 1 unspecified atom stereocenters. The highest BCUT2D eigenvalue weighted by atomic mass is 16.5. The van der Waals surface area contributed by atoms with E-state index in [1.54, 1.807) is 7.11 Å². The van der Waals surface area contributed by atoms with Crippen LogP contribution >= 0.6 is 0 Å². The van der Waals surface area contributed by atoms with Crippen molar-refractivity contribution in [2.24, 2.45) is 0 Å². The normalized spacial score (nSPS) is 17.0. The molecule has 0 radical (unpaired) electrons. The molecule has 144 valence electrons. The Labute approximate surface area is 164 Å². The number of amides is 1. The van der Waals surface area contributed by atoms with Gasteiger partial charge in [0.15, 0.2) is 0 Å². The van der Waals surface area contributed by atoms with Crippen LogP contribution in [0.3, 0.4) is 0 Å². The molecule has 1 amide bonds. The van der Waals surface area contributed by atoms with Crippen LogP contribution in [0.1, 0.15) is 35.8 Å². The summed E-state index contributed by atoms with van der Waals surface area (Å²) in [5.41, 5.74) is 3.12. The van der Waals surface area contributed by atoms with E-state index in [-0.39, 0.29) is 11.8 Å². The highest BCUT2D eigenvalue weighted by Gasteiger charge is 2.30. The molecule has 1 atom stereocenters. The molecule has 1 fully saturated rings. The van der Waals surface area contributed by atoms with Crippen molar-refractivity contribution in [1.82, 2.24) is 15.0 Å². The summed E-state index contributed by atoms with van der Waals surface area (Å²) in [6.45, 7) is 3.15. The molecule has 2 aromatic carbocycles. The number of hydrogen-bond acceptors (Lipinski definition) is 5. The van der Waals surface area contributed by atoms with Gasteiger partial charge in [0.1, 0.15) is 5.75 Å². The molecular formula is C22H23N3O3. The summed E-state index contributed by atoms with van der Waals surface area (Å²) in [6.07, 6.45) is 1.21. The van der Waals surface area contributed by atoms with Crippen molar-refractivity contribution in [2.75, 3.05) is 13.7 Å². The maximum Gasteiger partial charge on any atom is 0.231 e. The zero-order valence-electron chi connectivity index (χ0n) is 16.1. The van der Waals surface area contributed by atoms with Crippen LogP contribution in [0.4, 0.5) is 0 Å². The van der Waals surface area contributed by atoms with Gasteiger partial charge in [-0.1, -0.05) is 41.6 Å². The lowest BCUT2D eigenvalue weighted by molar-refractivity contribution is -0.134. The molecule has 1 saturated heterocycles. The van der Waals surface area contributed by atoms with E-state index >= 15 is 0 Å². The predicted molar refractivity (Wildman–Crippen MR) is 105 cm³/mol. The molecule has 0 spiro atoms. The Bertz CT molecular complexity index is 982. The molecule has 1 aliphatic rings. The number of hydrogen-bond donors (Lipinski definition) is 0. The van der Waals surface area contributed by atoms with Gasteiger partial charge < -0.3 is 14.2 Å². The maximum atomic E-state index is 12.4. The van der Waals surface area contributed by atoms with Crippen molar-refractivity contribution in [3.8, 4) is 17.1 Å². The quantitative estimate of drug-likeness (QED) is 0.673. The molecule has 1 aromatic heterocycles. The second-order valence-electron chi connectivity index (χ2n) is 7.13. The molecule has 0 bridgehead atoms. The first-order valence-electron chi connectivity index (χ1n) is 9.44. The molecule has 6 nitrogen and oxygen atoms in total. The summed E-state index contributed by atoms with van der Waals surface area (Å²) in [4.78, 5) is 18.9. The van der Waals surface area contributed by atoms with Gasteiger partial charge >= 0.3 is 0 Å². The molecule has 0 saturated carbocycles. The lowest BCUT2D eigenvalue weighted by atomic mass is 9.97. The minimum atomic E-state index is 0.0496. The molecule has 3 aromatic rings. The summed E-state index contributed by atoms with van der Waals surface area (Å²) in [5.74, 6) is 2.19. The SMILES string of the molecule is COc1cccc(CN2CC(c3nc(-c4ccccc4C)no3)CCC2=O)c1. The van der Waals surface area contributed by atoms with E-state index in [1.165, 1.54) is 0 Å². The Morgan fingerprint density at radius 3 is 2.89 bits per heavy atom. The van der Waals surface area contributed by atoms with Crippen LogP contribution in [0, 0.1) is 6.92 Å². The summed E-state index contributed by atoms with van der Waals surface area (Å²) >= 11 is 0. The van der Waals surface area contributed by atoms with Crippen molar-refractivity contribution in [3.05, 3.63) is 65.5 Å². The molecule has 28 heavy (non-hydrogen) atoms. The molecule has 6 heteroatoms. The zero-order chi connectivity index (χ0) is 19.5. The van der Waals surface area contributed by atoms with Crippen molar-refractivity contribution >= 4 is 5.91 Å². The monoisotopic (exact) mass is 377 g/mol. The fourth-order valence-corrected chi connectivity index (χ4v) is 3.59. The molecular weight excluding hydrogens is 354 g/mol. The summed E-state index contributed by atoms with van der Waals surface area (Å²) in [5, 5.41) is 4.17. The second-order valence-corrected chi connectivity index (χ2v) is 7.13. The highest BCUT2D eigenvalue weighted by Crippen LogP contribution is 2.30. The number of carbonyl (C=O) groups excluding carboxylic acids is 1. The number of benzene rings is 2. The predicted octanol–water partition coefficient (Wildman–Crippen LogP) is 3.96. The van der Waals surface area contributed by atoms with Crippen molar-refractivity contribution < 1.29 is 14.1 Å². The number of ether oxygens (including phenoxy) is 1. The van der Waals surface area contributed by atoms with E-state index in [1.807, 2.05) is 60.4 Å². The third-order valence-corrected chi connectivity index (χ3v) is 5.18. The third-order valence-electron chi connectivity index (χ3n) is 5.18. The summed E-state index contributed by atoms with van der Waals surface area (Å²) < 4.78 is 10.8. The molecule has 1 aliphatic heterocycles. The van der Waals surface area contributed by atoms with E-state index in [9.17, 15) is 4.79 Å². The minimum Gasteiger partial charge on any atom is -0.497 e. The van der Waals surface area contributed by atoms with Gasteiger partial charge in [-0.25, -0.2) is 0 Å². The number of nitrogens with zero attached hydrogens (tertiary/aromatic N) is 3. The van der Waals surface area contributed by atoms with Crippen LogP contribution < -0.4 is 4.74 Å². The lowest BCUT2D eigenvalue weighted by Crippen LogP contribution is -2.38. The van der Waals surface area contributed by atoms with Gasteiger partial charge in [-0.2, -0.15) is 4.98 Å². The van der Waals surface area contributed by atoms with Crippen LogP contribution in [0.15, 0.2) is 53.1 Å². The van der Waals surface area contributed by atoms with Gasteiger partial charge in [-0.15, -0.1) is 0 Å². The van der Waals surface area contributed by atoms with Crippen molar-refractivity contribution in [2.45, 2.75) is 32.2 Å². The van der Waals surface area contributed by atoms with E-state index in [0.717, 1.165) is 28.9 Å². The zero-order valence-corrected chi connectivity index (χ0v) is 16.1. The van der Waals surface area contributed by atoms with Crippen molar-refractivity contribution in [1.29, 1.82) is 0 Å². The number of aromatic nitrogens is 2. The Balaban J connectivity index is 1.50. The van der Waals surface area contributed by atoms with Gasteiger partial charge in [0.05, 0.1) is 13.0 Å². The van der Waals surface area contributed by atoms with Crippen molar-refractivity contribution in [3.63, 3.8) is 0 Å². The van der Waals surface area contributed by atoms with E-state index in [0.29, 0.717) is 31.2 Å². The average molecular weight is 377 g/mol. The fraction of sp³-hybridized carbons (Fsp3) is 0.318. The smallest absolute Gasteiger partial charge is 0.231 e. The minimum absolute atomic E-state index is 0.0496. The van der Waals surface area contributed by atoms with Gasteiger partial charge in [0.25, 0.3) is 0 Å². The van der Waals surface area contributed by atoms with Crippen LogP contribution in [-0.2, 0) is 11.3 Å². The largest absolute Gasteiger partial charge is 0.497 e. The van der Waals surface area contributed by atoms with E-state index < -0.39 is 0 Å². The standard InChI is InChI=1S/C22H23N3O3/c1-15-6-3-4-9-19(15)21-23-22(28-24-21)17-10-11-20(26)25(14-17)13-16-7-5-8-18(12-16)27-2/h3-9,12,17H,10-11,13-14H2,1-2H3. The fourth-order valence-electron chi connectivity index (χ4n) is 3.59. The molecule has 0 aliphatic carbocycles. The third kappa shape index (κ3) is 3.76. The summed E-state index contributed by atoms with van der Waals surface area (Å²) in [7, 11) is 1.64. The first-order chi connectivity index (χ1) is 13.6. The Kier molecular flexibility index (Phi) is 5.10.